The van der Waals surface area contributed by atoms with Crippen molar-refractivity contribution in [3.8, 4) is 0 Å². The third kappa shape index (κ3) is 3.91. The maximum atomic E-state index is 12.1. The van der Waals surface area contributed by atoms with Gasteiger partial charge in [-0.2, -0.15) is 0 Å². The number of amides is 1. The topological polar surface area (TPSA) is 73.7 Å². The molecule has 130 valence electrons. The first-order valence-electron chi connectivity index (χ1n) is 7.79. The number of hydroxylamine groups is 2. The van der Waals surface area contributed by atoms with Crippen molar-refractivity contribution in [1.82, 2.24) is 14.6 Å². The molecule has 0 aliphatic rings. The van der Waals surface area contributed by atoms with E-state index in [1.54, 1.807) is 19.1 Å². The molecule has 1 heterocycles. The van der Waals surface area contributed by atoms with Gasteiger partial charge in [-0.05, 0) is 39.8 Å². The molecule has 0 radical (unpaired) electrons. The van der Waals surface area contributed by atoms with Gasteiger partial charge in [0.1, 0.15) is 17.9 Å². The molecule has 0 atom stereocenters. The Hall–Kier alpha value is -2.41. The first-order valence-corrected chi connectivity index (χ1v) is 7.79. The van der Waals surface area contributed by atoms with Crippen LogP contribution in [0.4, 0.5) is 0 Å². The third-order valence-electron chi connectivity index (χ3n) is 3.31. The molecule has 0 aliphatic heterocycles. The van der Waals surface area contributed by atoms with Crippen molar-refractivity contribution in [2.75, 3.05) is 6.61 Å². The number of benzene rings is 1. The van der Waals surface area contributed by atoms with Crippen LogP contribution in [0.1, 0.15) is 43.9 Å². The van der Waals surface area contributed by atoms with Crippen LogP contribution in [-0.2, 0) is 28.0 Å². The molecule has 7 heteroatoms. The normalized spacial score (nSPS) is 11.5. The predicted molar refractivity (Wildman–Crippen MR) is 89.1 cm³/mol. The first-order chi connectivity index (χ1) is 11.3. The number of carbonyl (C=O) groups is 2. The second-order valence-electron chi connectivity index (χ2n) is 6.37. The number of hydrogen-bond donors (Lipinski definition) is 0. The van der Waals surface area contributed by atoms with E-state index in [0.717, 1.165) is 5.52 Å². The smallest absolute Gasteiger partial charge is 0.340 e. The number of aryl methyl sites for hydroxylation is 1. The van der Waals surface area contributed by atoms with Crippen LogP contribution >= 0.6 is 0 Å². The Kier molecular flexibility index (Phi) is 5.23. The van der Waals surface area contributed by atoms with E-state index in [1.165, 1.54) is 5.06 Å². The van der Waals surface area contributed by atoms with Gasteiger partial charge >= 0.3 is 5.97 Å². The Labute approximate surface area is 141 Å². The Morgan fingerprint density at radius 1 is 1.38 bits per heavy atom. The molecule has 0 N–H and O–H groups in total. The lowest BCUT2D eigenvalue weighted by atomic mass is 10.2. The lowest BCUT2D eigenvalue weighted by Gasteiger charge is -2.26. The van der Waals surface area contributed by atoms with Crippen LogP contribution in [0.5, 0.6) is 0 Å². The van der Waals surface area contributed by atoms with E-state index >= 15 is 0 Å². The number of hydrogen-bond acceptors (Lipinski definition) is 5. The van der Waals surface area contributed by atoms with Crippen molar-refractivity contribution in [1.29, 1.82) is 0 Å². The minimum atomic E-state index is -0.498. The van der Waals surface area contributed by atoms with Crippen LogP contribution in [0.25, 0.3) is 11.0 Å². The lowest BCUT2D eigenvalue weighted by molar-refractivity contribution is -0.221. The molecule has 0 saturated heterocycles. The largest absolute Gasteiger partial charge is 0.462 e. The van der Waals surface area contributed by atoms with Gasteiger partial charge in [0.15, 0.2) is 0 Å². The highest BCUT2D eigenvalue weighted by Gasteiger charge is 2.21. The second-order valence-corrected chi connectivity index (χ2v) is 6.37. The van der Waals surface area contributed by atoms with Crippen LogP contribution in [0.3, 0.4) is 0 Å². The van der Waals surface area contributed by atoms with E-state index in [4.69, 9.17) is 9.57 Å². The fourth-order valence-electron chi connectivity index (χ4n) is 2.36. The predicted octanol–water partition coefficient (Wildman–Crippen LogP) is 2.44. The number of nitrogens with zero attached hydrogens (tertiary/aromatic N) is 3. The molecule has 2 aromatic rings. The van der Waals surface area contributed by atoms with Crippen molar-refractivity contribution in [2.45, 2.75) is 39.8 Å². The maximum absolute atomic E-state index is 12.1. The summed E-state index contributed by atoms with van der Waals surface area (Å²) in [5.41, 5.74) is 1.25. The van der Waals surface area contributed by atoms with Crippen LogP contribution in [0.2, 0.25) is 0 Å². The number of ether oxygens (including phenoxy) is 1. The zero-order chi connectivity index (χ0) is 17.9. The first kappa shape index (κ1) is 17.9. The quantitative estimate of drug-likeness (QED) is 0.461. The summed E-state index contributed by atoms with van der Waals surface area (Å²) in [6, 6.07) is 5.33. The van der Waals surface area contributed by atoms with Gasteiger partial charge in [0.25, 0.3) is 0 Å². The molecule has 0 aliphatic carbocycles. The molecule has 1 amide bonds. The average Bonchev–Trinajstić information content (AvgIpc) is 2.82. The Morgan fingerprint density at radius 2 is 2.08 bits per heavy atom. The molecule has 7 nitrogen and oxygen atoms in total. The molecule has 0 spiro atoms. The average molecular weight is 333 g/mol. The van der Waals surface area contributed by atoms with Crippen LogP contribution in [0.15, 0.2) is 18.2 Å². The molecule has 24 heavy (non-hydrogen) atoms. The molecule has 0 fully saturated rings. The summed E-state index contributed by atoms with van der Waals surface area (Å²) in [6.07, 6.45) is 0.622. The summed E-state index contributed by atoms with van der Waals surface area (Å²) >= 11 is 0. The van der Waals surface area contributed by atoms with E-state index in [-0.39, 0.29) is 6.54 Å². The molecule has 0 unspecified atom stereocenters. The van der Waals surface area contributed by atoms with Crippen LogP contribution in [0, 0.1) is 0 Å². The SMILES string of the molecule is CCOC(=O)c1cccc2c1nc(CN(C=O)OC(C)(C)C)n2C. The van der Waals surface area contributed by atoms with E-state index in [1.807, 2.05) is 38.5 Å². The number of fused-ring (bicyclic) bond motifs is 1. The Balaban J connectivity index is 2.38. The molecule has 1 aromatic heterocycles. The molecule has 0 saturated carbocycles. The van der Waals surface area contributed by atoms with Crippen molar-refractivity contribution >= 4 is 23.4 Å². The zero-order valence-corrected chi connectivity index (χ0v) is 14.7. The number of carbonyl (C=O) groups excluding carboxylic acids is 2. The van der Waals surface area contributed by atoms with E-state index in [9.17, 15) is 9.59 Å². The van der Waals surface area contributed by atoms with Gasteiger partial charge in [-0.15, -0.1) is 0 Å². The second kappa shape index (κ2) is 7.00. The molecule has 1 aromatic carbocycles. The molecule has 0 bridgehead atoms. The van der Waals surface area contributed by atoms with E-state index in [0.29, 0.717) is 29.9 Å². The monoisotopic (exact) mass is 333 g/mol. The van der Waals surface area contributed by atoms with Gasteiger partial charge in [-0.1, -0.05) is 6.07 Å². The number of esters is 1. The number of rotatable bonds is 6. The van der Waals surface area contributed by atoms with Gasteiger partial charge in [-0.3, -0.25) is 9.63 Å². The summed E-state index contributed by atoms with van der Waals surface area (Å²) in [4.78, 5) is 33.4. The summed E-state index contributed by atoms with van der Waals surface area (Å²) in [5, 5.41) is 1.20. The highest BCUT2D eigenvalue weighted by molar-refractivity contribution is 6.02. The lowest BCUT2D eigenvalue weighted by Crippen LogP contribution is -2.33. The Morgan fingerprint density at radius 3 is 2.67 bits per heavy atom. The van der Waals surface area contributed by atoms with Crippen LogP contribution in [-0.4, -0.2) is 39.2 Å². The number of imidazole rings is 1. The summed E-state index contributed by atoms with van der Waals surface area (Å²) < 4.78 is 6.91. The van der Waals surface area contributed by atoms with Crippen molar-refractivity contribution in [3.63, 3.8) is 0 Å². The molecular weight excluding hydrogens is 310 g/mol. The van der Waals surface area contributed by atoms with E-state index in [2.05, 4.69) is 4.98 Å². The van der Waals surface area contributed by atoms with Gasteiger partial charge < -0.3 is 9.30 Å². The Bertz CT molecular complexity index is 746. The fourth-order valence-corrected chi connectivity index (χ4v) is 2.36. The highest BCUT2D eigenvalue weighted by atomic mass is 16.7. The van der Waals surface area contributed by atoms with Gasteiger partial charge in [-0.25, -0.2) is 14.8 Å². The maximum Gasteiger partial charge on any atom is 0.340 e. The zero-order valence-electron chi connectivity index (χ0n) is 14.7. The van der Waals surface area contributed by atoms with Crippen molar-refractivity contribution in [3.05, 3.63) is 29.6 Å². The summed E-state index contributed by atoms with van der Waals surface area (Å²) in [6.45, 7) is 7.81. The minimum Gasteiger partial charge on any atom is -0.462 e. The molecular formula is C17H23N3O4. The fraction of sp³-hybridized carbons (Fsp3) is 0.471. The summed E-state index contributed by atoms with van der Waals surface area (Å²) in [5.74, 6) is 0.198. The number of aromatic nitrogens is 2. The standard InChI is InChI=1S/C17H23N3O4/c1-6-23-16(22)12-8-7-9-13-15(12)18-14(19(13)5)10-20(11-21)24-17(2,3)4/h7-9,11H,6,10H2,1-5H3. The van der Waals surface area contributed by atoms with Gasteiger partial charge in [0.05, 0.1) is 23.3 Å². The van der Waals surface area contributed by atoms with Crippen molar-refractivity contribution in [2.24, 2.45) is 7.05 Å². The third-order valence-corrected chi connectivity index (χ3v) is 3.31. The number of para-hydroxylation sites is 1. The van der Waals surface area contributed by atoms with Gasteiger partial charge in [0, 0.05) is 7.05 Å². The van der Waals surface area contributed by atoms with Crippen molar-refractivity contribution < 1.29 is 19.2 Å². The highest BCUT2D eigenvalue weighted by Crippen LogP contribution is 2.21. The molecule has 2 rings (SSSR count). The van der Waals surface area contributed by atoms with E-state index < -0.39 is 11.6 Å². The van der Waals surface area contributed by atoms with Gasteiger partial charge in [0.2, 0.25) is 6.41 Å². The minimum absolute atomic E-state index is 0.175. The van der Waals surface area contributed by atoms with Crippen LogP contribution < -0.4 is 0 Å². The summed E-state index contributed by atoms with van der Waals surface area (Å²) in [7, 11) is 1.83.